The van der Waals surface area contributed by atoms with Crippen molar-refractivity contribution in [1.82, 2.24) is 14.7 Å². The lowest BCUT2D eigenvalue weighted by molar-refractivity contribution is 0.132. The Hall–Kier alpha value is -1.39. The normalized spacial score (nSPS) is 20.6. The minimum absolute atomic E-state index is 0.634. The molecular weight excluding hydrogens is 248 g/mol. The first-order chi connectivity index (χ1) is 9.79. The van der Waals surface area contributed by atoms with Gasteiger partial charge in [0.2, 0.25) is 0 Å². The molecule has 1 fully saturated rings. The van der Waals surface area contributed by atoms with Crippen LogP contribution < -0.4 is 5.73 Å². The molecule has 0 radical (unpaired) electrons. The number of fused-ring (bicyclic) bond motifs is 1. The van der Waals surface area contributed by atoms with Crippen LogP contribution in [0, 0.1) is 0 Å². The van der Waals surface area contributed by atoms with E-state index in [1.165, 1.54) is 42.4 Å². The summed E-state index contributed by atoms with van der Waals surface area (Å²) in [5.41, 5.74) is 8.18. The molecule has 1 aromatic carbocycles. The lowest BCUT2D eigenvalue weighted by Gasteiger charge is -2.35. The van der Waals surface area contributed by atoms with Crippen molar-refractivity contribution in [2.24, 2.45) is 12.8 Å². The van der Waals surface area contributed by atoms with E-state index in [1.807, 2.05) is 11.7 Å². The molecular formula is C16H24N4. The number of hydrogen-bond acceptors (Lipinski definition) is 3. The van der Waals surface area contributed by atoms with Crippen LogP contribution in [0.3, 0.4) is 0 Å². The molecule has 0 bridgehead atoms. The van der Waals surface area contributed by atoms with Gasteiger partial charge in [-0.2, -0.15) is 5.10 Å². The second-order valence-corrected chi connectivity index (χ2v) is 5.78. The first-order valence-corrected chi connectivity index (χ1v) is 7.64. The molecule has 1 aliphatic heterocycles. The summed E-state index contributed by atoms with van der Waals surface area (Å²) in [6, 6.07) is 9.13. The van der Waals surface area contributed by atoms with Crippen LogP contribution in [0.1, 0.15) is 31.4 Å². The maximum atomic E-state index is 5.76. The van der Waals surface area contributed by atoms with Gasteiger partial charge in [-0.3, -0.25) is 9.58 Å². The summed E-state index contributed by atoms with van der Waals surface area (Å²) in [7, 11) is 2.03. The average Bonchev–Trinajstić information content (AvgIpc) is 2.79. The van der Waals surface area contributed by atoms with Crippen molar-refractivity contribution in [2.45, 2.75) is 38.3 Å². The van der Waals surface area contributed by atoms with E-state index in [1.54, 1.807) is 0 Å². The van der Waals surface area contributed by atoms with Gasteiger partial charge in [0.25, 0.3) is 0 Å². The van der Waals surface area contributed by atoms with Crippen molar-refractivity contribution in [3.05, 3.63) is 30.0 Å². The van der Waals surface area contributed by atoms with Crippen LogP contribution >= 0.6 is 0 Å². The molecule has 1 aromatic heterocycles. The van der Waals surface area contributed by atoms with Crippen LogP contribution in [0.25, 0.3) is 10.9 Å². The SMILES string of the molecule is Cn1nc(CN2CCCCC2CCN)c2ccccc21. The highest BCUT2D eigenvalue weighted by atomic mass is 15.3. The van der Waals surface area contributed by atoms with Gasteiger partial charge in [0.05, 0.1) is 11.2 Å². The Morgan fingerprint density at radius 1 is 1.30 bits per heavy atom. The molecule has 0 amide bonds. The first kappa shape index (κ1) is 13.6. The second kappa shape index (κ2) is 5.94. The summed E-state index contributed by atoms with van der Waals surface area (Å²) in [5.74, 6) is 0. The number of nitrogens with zero attached hydrogens (tertiary/aromatic N) is 3. The Morgan fingerprint density at radius 3 is 3.00 bits per heavy atom. The smallest absolute Gasteiger partial charge is 0.0843 e. The van der Waals surface area contributed by atoms with Gasteiger partial charge >= 0.3 is 0 Å². The monoisotopic (exact) mass is 272 g/mol. The summed E-state index contributed by atoms with van der Waals surface area (Å²) in [5, 5.41) is 6.01. The minimum Gasteiger partial charge on any atom is -0.330 e. The fourth-order valence-electron chi connectivity index (χ4n) is 3.39. The van der Waals surface area contributed by atoms with E-state index in [2.05, 4.69) is 29.2 Å². The highest BCUT2D eigenvalue weighted by Gasteiger charge is 2.23. The Morgan fingerprint density at radius 2 is 2.15 bits per heavy atom. The maximum Gasteiger partial charge on any atom is 0.0843 e. The molecule has 108 valence electrons. The number of para-hydroxylation sites is 1. The van der Waals surface area contributed by atoms with Gasteiger partial charge in [0.1, 0.15) is 0 Å². The maximum absolute atomic E-state index is 5.76. The fourth-order valence-corrected chi connectivity index (χ4v) is 3.39. The van der Waals surface area contributed by atoms with E-state index >= 15 is 0 Å². The molecule has 3 rings (SSSR count). The predicted molar refractivity (Wildman–Crippen MR) is 82.4 cm³/mol. The predicted octanol–water partition coefficient (Wildman–Crippen LogP) is 2.28. The fraction of sp³-hybridized carbons (Fsp3) is 0.562. The number of benzene rings is 1. The number of hydrogen-bond donors (Lipinski definition) is 1. The summed E-state index contributed by atoms with van der Waals surface area (Å²) in [4.78, 5) is 2.57. The van der Waals surface area contributed by atoms with Gasteiger partial charge in [-0.25, -0.2) is 0 Å². The molecule has 2 aromatic rings. The third kappa shape index (κ3) is 2.58. The second-order valence-electron chi connectivity index (χ2n) is 5.78. The van der Waals surface area contributed by atoms with E-state index in [0.717, 1.165) is 19.5 Å². The molecule has 4 heteroatoms. The topological polar surface area (TPSA) is 47.1 Å². The number of likely N-dealkylation sites (tertiary alicyclic amines) is 1. The summed E-state index contributed by atoms with van der Waals surface area (Å²) >= 11 is 0. The highest BCUT2D eigenvalue weighted by molar-refractivity contribution is 5.81. The van der Waals surface area contributed by atoms with Crippen molar-refractivity contribution >= 4 is 10.9 Å². The quantitative estimate of drug-likeness (QED) is 0.929. The number of nitrogens with two attached hydrogens (primary N) is 1. The molecule has 1 unspecified atom stereocenters. The molecule has 0 aliphatic carbocycles. The Balaban J connectivity index is 1.84. The van der Waals surface area contributed by atoms with Crippen LogP contribution in [0.4, 0.5) is 0 Å². The van der Waals surface area contributed by atoms with Crippen molar-refractivity contribution in [2.75, 3.05) is 13.1 Å². The number of rotatable bonds is 4. The Kier molecular flexibility index (Phi) is 4.03. The molecule has 1 aliphatic rings. The molecule has 0 saturated carbocycles. The third-order valence-corrected chi connectivity index (χ3v) is 4.44. The number of piperidine rings is 1. The van der Waals surface area contributed by atoms with Crippen LogP contribution in [0.15, 0.2) is 24.3 Å². The lowest BCUT2D eigenvalue weighted by Crippen LogP contribution is -2.40. The average molecular weight is 272 g/mol. The van der Waals surface area contributed by atoms with Crippen molar-refractivity contribution in [3.8, 4) is 0 Å². The molecule has 4 nitrogen and oxygen atoms in total. The lowest BCUT2D eigenvalue weighted by atomic mass is 9.99. The zero-order chi connectivity index (χ0) is 13.9. The van der Waals surface area contributed by atoms with E-state index in [4.69, 9.17) is 10.8 Å². The molecule has 1 atom stereocenters. The highest BCUT2D eigenvalue weighted by Crippen LogP contribution is 2.24. The summed E-state index contributed by atoms with van der Waals surface area (Å²) in [6.07, 6.45) is 5.02. The van der Waals surface area contributed by atoms with E-state index < -0.39 is 0 Å². The van der Waals surface area contributed by atoms with Crippen LogP contribution in [0.5, 0.6) is 0 Å². The molecule has 1 saturated heterocycles. The van der Waals surface area contributed by atoms with E-state index in [9.17, 15) is 0 Å². The zero-order valence-corrected chi connectivity index (χ0v) is 12.3. The van der Waals surface area contributed by atoms with Crippen LogP contribution in [-0.4, -0.2) is 33.8 Å². The first-order valence-electron chi connectivity index (χ1n) is 7.64. The zero-order valence-electron chi connectivity index (χ0n) is 12.3. The van der Waals surface area contributed by atoms with Crippen molar-refractivity contribution in [1.29, 1.82) is 0 Å². The summed E-state index contributed by atoms with van der Waals surface area (Å²) in [6.45, 7) is 2.91. The standard InChI is InChI=1S/C16H24N4/c1-19-16-8-3-2-7-14(16)15(18-19)12-20-11-5-4-6-13(20)9-10-17/h2-3,7-8,13H,4-6,9-12,17H2,1H3. The van der Waals surface area contributed by atoms with Gasteiger partial charge in [-0.1, -0.05) is 24.6 Å². The molecule has 20 heavy (non-hydrogen) atoms. The van der Waals surface area contributed by atoms with E-state index in [0.29, 0.717) is 6.04 Å². The van der Waals surface area contributed by atoms with Gasteiger partial charge in [-0.15, -0.1) is 0 Å². The molecule has 2 N–H and O–H groups in total. The van der Waals surface area contributed by atoms with Gasteiger partial charge in [0.15, 0.2) is 0 Å². The number of aryl methyl sites for hydroxylation is 1. The van der Waals surface area contributed by atoms with Gasteiger partial charge < -0.3 is 5.73 Å². The Labute approximate surface area is 120 Å². The van der Waals surface area contributed by atoms with Crippen LogP contribution in [0.2, 0.25) is 0 Å². The number of aromatic nitrogens is 2. The van der Waals surface area contributed by atoms with Gasteiger partial charge in [-0.05, 0) is 38.4 Å². The summed E-state index contributed by atoms with van der Waals surface area (Å²) < 4.78 is 1.99. The van der Waals surface area contributed by atoms with Gasteiger partial charge in [0, 0.05) is 25.0 Å². The third-order valence-electron chi connectivity index (χ3n) is 4.44. The molecule has 0 spiro atoms. The van der Waals surface area contributed by atoms with Crippen molar-refractivity contribution in [3.63, 3.8) is 0 Å². The molecule has 2 heterocycles. The van der Waals surface area contributed by atoms with E-state index in [-0.39, 0.29) is 0 Å². The minimum atomic E-state index is 0.634. The Bertz CT molecular complexity index is 573. The largest absolute Gasteiger partial charge is 0.330 e. The van der Waals surface area contributed by atoms with Crippen molar-refractivity contribution < 1.29 is 0 Å². The van der Waals surface area contributed by atoms with Crippen LogP contribution in [-0.2, 0) is 13.6 Å².